The fourth-order valence-electron chi connectivity index (χ4n) is 4.02. The van der Waals surface area contributed by atoms with Crippen molar-refractivity contribution in [2.75, 3.05) is 20.6 Å². The third kappa shape index (κ3) is 4.39. The van der Waals surface area contributed by atoms with E-state index in [1.165, 1.54) is 16.7 Å². The molecule has 2 aromatic carbocycles. The summed E-state index contributed by atoms with van der Waals surface area (Å²) < 4.78 is 0. The number of aryl methyl sites for hydroxylation is 1. The fraction of sp³-hybridized carbons (Fsp3) is 0.391. The topological polar surface area (TPSA) is 23.5 Å². The summed E-state index contributed by atoms with van der Waals surface area (Å²) in [6.07, 6.45) is 5.95. The summed E-state index contributed by atoms with van der Waals surface area (Å²) in [6.45, 7) is 0.928. The van der Waals surface area contributed by atoms with E-state index in [4.69, 9.17) is 0 Å². The van der Waals surface area contributed by atoms with E-state index in [-0.39, 0.29) is 0 Å². The lowest BCUT2D eigenvalue weighted by atomic mass is 9.81. The van der Waals surface area contributed by atoms with Crippen molar-refractivity contribution < 1.29 is 5.11 Å². The molecule has 2 nitrogen and oxygen atoms in total. The molecule has 132 valence electrons. The predicted molar refractivity (Wildman–Crippen MR) is 105 cm³/mol. The summed E-state index contributed by atoms with van der Waals surface area (Å²) in [7, 11) is 4.19. The van der Waals surface area contributed by atoms with Crippen LogP contribution in [0.25, 0.3) is 6.08 Å². The zero-order valence-corrected chi connectivity index (χ0v) is 15.4. The van der Waals surface area contributed by atoms with Crippen LogP contribution in [-0.2, 0) is 6.42 Å². The van der Waals surface area contributed by atoms with Crippen molar-refractivity contribution in [1.29, 1.82) is 0 Å². The molecule has 2 atom stereocenters. The molecule has 1 fully saturated rings. The second kappa shape index (κ2) is 7.99. The summed E-state index contributed by atoms with van der Waals surface area (Å²) in [5.41, 5.74) is 2.96. The van der Waals surface area contributed by atoms with Crippen molar-refractivity contribution in [1.82, 2.24) is 4.90 Å². The summed E-state index contributed by atoms with van der Waals surface area (Å²) in [5.74, 6) is 0.293. The average molecular weight is 335 g/mol. The first-order valence-electron chi connectivity index (χ1n) is 9.25. The third-order valence-corrected chi connectivity index (χ3v) is 5.36. The Balaban J connectivity index is 1.85. The third-order valence-electron chi connectivity index (χ3n) is 5.36. The molecule has 0 bridgehead atoms. The highest BCUT2D eigenvalue weighted by atomic mass is 16.3. The van der Waals surface area contributed by atoms with Crippen molar-refractivity contribution >= 4 is 6.08 Å². The van der Waals surface area contributed by atoms with Crippen molar-refractivity contribution in [3.8, 4) is 0 Å². The first-order valence-corrected chi connectivity index (χ1v) is 9.25. The smallest absolute Gasteiger partial charge is 0.0903 e. The van der Waals surface area contributed by atoms with E-state index >= 15 is 0 Å². The molecule has 1 N–H and O–H groups in total. The van der Waals surface area contributed by atoms with E-state index in [1.54, 1.807) is 0 Å². The standard InChI is InChI=1S/C23H29NO/c1-24(2)18-22-14-13-21(17-20-11-7-4-8-12-20)23(22,25)16-15-19-9-5-3-6-10-19/h3-12,17,22,25H,13-16,18H2,1-2H3/b21-17-. The predicted octanol–water partition coefficient (Wildman–Crippen LogP) is 4.41. The Morgan fingerprint density at radius 1 is 1.04 bits per heavy atom. The molecule has 1 aliphatic rings. The minimum absolute atomic E-state index is 0.293. The number of hydrogen-bond acceptors (Lipinski definition) is 2. The van der Waals surface area contributed by atoms with Gasteiger partial charge < -0.3 is 10.0 Å². The Morgan fingerprint density at radius 3 is 2.32 bits per heavy atom. The molecule has 1 saturated carbocycles. The molecule has 0 amide bonds. The number of rotatable bonds is 6. The molecule has 0 aliphatic heterocycles. The SMILES string of the molecule is CN(C)CC1CC/C(=C/c2ccccc2)C1(O)CCc1ccccc1. The zero-order valence-electron chi connectivity index (χ0n) is 15.4. The van der Waals surface area contributed by atoms with Gasteiger partial charge >= 0.3 is 0 Å². The molecule has 0 heterocycles. The van der Waals surface area contributed by atoms with Gasteiger partial charge in [-0.05, 0) is 56.5 Å². The van der Waals surface area contributed by atoms with Gasteiger partial charge in [-0.15, -0.1) is 0 Å². The van der Waals surface area contributed by atoms with Crippen LogP contribution in [-0.4, -0.2) is 36.2 Å². The van der Waals surface area contributed by atoms with E-state index in [0.717, 1.165) is 32.2 Å². The highest BCUT2D eigenvalue weighted by Gasteiger charge is 2.44. The molecule has 2 unspecified atom stereocenters. The number of benzene rings is 2. The van der Waals surface area contributed by atoms with Gasteiger partial charge in [0.05, 0.1) is 5.60 Å². The molecule has 25 heavy (non-hydrogen) atoms. The van der Waals surface area contributed by atoms with Gasteiger partial charge in [-0.25, -0.2) is 0 Å². The van der Waals surface area contributed by atoms with Crippen LogP contribution in [0.4, 0.5) is 0 Å². The quantitative estimate of drug-likeness (QED) is 0.845. The Kier molecular flexibility index (Phi) is 5.72. The van der Waals surface area contributed by atoms with Crippen LogP contribution in [0, 0.1) is 5.92 Å². The van der Waals surface area contributed by atoms with Gasteiger partial charge in [-0.2, -0.15) is 0 Å². The lowest BCUT2D eigenvalue weighted by Crippen LogP contribution is -2.40. The second-order valence-electron chi connectivity index (χ2n) is 7.49. The summed E-state index contributed by atoms with van der Waals surface area (Å²) >= 11 is 0. The second-order valence-corrected chi connectivity index (χ2v) is 7.49. The van der Waals surface area contributed by atoms with Crippen molar-refractivity contribution in [3.05, 3.63) is 77.4 Å². The van der Waals surface area contributed by atoms with E-state index in [2.05, 4.69) is 73.6 Å². The van der Waals surface area contributed by atoms with Crippen molar-refractivity contribution in [2.24, 2.45) is 5.92 Å². The van der Waals surface area contributed by atoms with Crippen molar-refractivity contribution in [3.63, 3.8) is 0 Å². The molecule has 3 rings (SSSR count). The van der Waals surface area contributed by atoms with Gasteiger partial charge in [0.1, 0.15) is 0 Å². The van der Waals surface area contributed by atoms with Crippen LogP contribution in [0.5, 0.6) is 0 Å². The van der Waals surface area contributed by atoms with Gasteiger partial charge in [0.2, 0.25) is 0 Å². The van der Waals surface area contributed by atoms with Crippen LogP contribution >= 0.6 is 0 Å². The largest absolute Gasteiger partial charge is 0.385 e. The van der Waals surface area contributed by atoms with Gasteiger partial charge in [0, 0.05) is 12.5 Å². The highest BCUT2D eigenvalue weighted by molar-refractivity contribution is 5.56. The Bertz CT molecular complexity index is 693. The Hall–Kier alpha value is -1.90. The highest BCUT2D eigenvalue weighted by Crippen LogP contribution is 2.44. The van der Waals surface area contributed by atoms with E-state index in [1.807, 2.05) is 12.1 Å². The van der Waals surface area contributed by atoms with E-state index < -0.39 is 5.60 Å². The van der Waals surface area contributed by atoms with Gasteiger partial charge in [0.15, 0.2) is 0 Å². The van der Waals surface area contributed by atoms with Crippen LogP contribution in [0.2, 0.25) is 0 Å². The molecule has 2 heteroatoms. The van der Waals surface area contributed by atoms with Crippen LogP contribution in [0.15, 0.2) is 66.2 Å². The normalized spacial score (nSPS) is 25.0. The summed E-state index contributed by atoms with van der Waals surface area (Å²) in [6, 6.07) is 20.9. The average Bonchev–Trinajstić information content (AvgIpc) is 2.91. The molecule has 0 saturated heterocycles. The molecular weight excluding hydrogens is 306 g/mol. The van der Waals surface area contributed by atoms with Crippen LogP contribution in [0.1, 0.15) is 30.4 Å². The monoisotopic (exact) mass is 335 g/mol. The molecule has 2 aromatic rings. The first kappa shape index (κ1) is 17.9. The van der Waals surface area contributed by atoms with Crippen molar-refractivity contribution in [2.45, 2.75) is 31.3 Å². The van der Waals surface area contributed by atoms with Crippen LogP contribution in [0.3, 0.4) is 0 Å². The maximum absolute atomic E-state index is 11.7. The fourth-order valence-corrected chi connectivity index (χ4v) is 4.02. The lowest BCUT2D eigenvalue weighted by molar-refractivity contribution is 0.0179. The number of aliphatic hydroxyl groups is 1. The van der Waals surface area contributed by atoms with Gasteiger partial charge in [-0.3, -0.25) is 0 Å². The molecule has 0 radical (unpaired) electrons. The van der Waals surface area contributed by atoms with Gasteiger partial charge in [0.25, 0.3) is 0 Å². The first-order chi connectivity index (χ1) is 12.1. The van der Waals surface area contributed by atoms with E-state index in [0.29, 0.717) is 5.92 Å². The summed E-state index contributed by atoms with van der Waals surface area (Å²) in [5, 5.41) is 11.7. The number of nitrogens with zero attached hydrogens (tertiary/aromatic N) is 1. The minimum Gasteiger partial charge on any atom is -0.385 e. The zero-order chi connectivity index (χ0) is 17.7. The lowest BCUT2D eigenvalue weighted by Gasteiger charge is -2.33. The Morgan fingerprint density at radius 2 is 1.68 bits per heavy atom. The number of hydrogen-bond donors (Lipinski definition) is 1. The molecular formula is C23H29NO. The molecule has 1 aliphatic carbocycles. The minimum atomic E-state index is -0.712. The van der Waals surface area contributed by atoms with Crippen LogP contribution < -0.4 is 0 Å². The van der Waals surface area contributed by atoms with Gasteiger partial charge in [-0.1, -0.05) is 66.7 Å². The maximum Gasteiger partial charge on any atom is 0.0903 e. The Labute approximate surface area is 151 Å². The maximum atomic E-state index is 11.7. The molecule has 0 spiro atoms. The molecule has 0 aromatic heterocycles. The van der Waals surface area contributed by atoms with E-state index in [9.17, 15) is 5.11 Å². The summed E-state index contributed by atoms with van der Waals surface area (Å²) in [4.78, 5) is 2.20.